The van der Waals surface area contributed by atoms with Gasteiger partial charge in [0.2, 0.25) is 0 Å². The van der Waals surface area contributed by atoms with Crippen LogP contribution >= 0.6 is 0 Å². The van der Waals surface area contributed by atoms with Gasteiger partial charge in [-0.05, 0) is 24.5 Å². The molecule has 1 saturated heterocycles. The number of carbonyl (C=O) groups excluding carboxylic acids is 1. The van der Waals surface area contributed by atoms with Crippen LogP contribution in [0.5, 0.6) is 0 Å². The number of rotatable bonds is 4. The normalized spacial score (nSPS) is 20.5. The third-order valence-electron chi connectivity index (χ3n) is 5.08. The Labute approximate surface area is 148 Å². The number of nitrogens with one attached hydrogen (secondary N) is 1. The van der Waals surface area contributed by atoms with Crippen molar-refractivity contribution < 1.29 is 4.79 Å². The Morgan fingerprint density at radius 1 is 1.16 bits per heavy atom. The molecule has 2 aromatic rings. The molecule has 0 bridgehead atoms. The minimum Gasteiger partial charge on any atom is -0.336 e. The first-order valence-corrected chi connectivity index (χ1v) is 9.11. The summed E-state index contributed by atoms with van der Waals surface area (Å²) in [6, 6.07) is 12.8. The van der Waals surface area contributed by atoms with E-state index in [4.69, 9.17) is 0 Å². The van der Waals surface area contributed by atoms with Crippen molar-refractivity contribution >= 4 is 6.03 Å². The van der Waals surface area contributed by atoms with Crippen molar-refractivity contribution in [2.75, 3.05) is 26.2 Å². The van der Waals surface area contributed by atoms with Gasteiger partial charge in [0, 0.05) is 45.5 Å². The molecule has 4 rings (SSSR count). The third-order valence-corrected chi connectivity index (χ3v) is 5.08. The zero-order valence-corrected chi connectivity index (χ0v) is 14.5. The van der Waals surface area contributed by atoms with E-state index in [1.54, 1.807) is 0 Å². The van der Waals surface area contributed by atoms with Crippen molar-refractivity contribution in [1.82, 2.24) is 24.9 Å². The Balaban J connectivity index is 1.41. The van der Waals surface area contributed by atoms with Crippen LogP contribution in [-0.2, 0) is 13.1 Å². The van der Waals surface area contributed by atoms with Crippen LogP contribution < -0.4 is 5.32 Å². The standard InChI is InChI=1S/C19H25N5O/c25-19(23-10-4-5-11-23)20-12-18-15-22(13-16-6-2-1-3-7-16)14-17-8-9-21-24(17)18/h1-3,6-9,18H,4-5,10-15H2,(H,20,25). The van der Waals surface area contributed by atoms with Gasteiger partial charge in [0.05, 0.1) is 11.7 Å². The maximum atomic E-state index is 12.3. The van der Waals surface area contributed by atoms with Crippen molar-refractivity contribution in [2.24, 2.45) is 0 Å². The van der Waals surface area contributed by atoms with Crippen molar-refractivity contribution in [2.45, 2.75) is 32.0 Å². The Morgan fingerprint density at radius 2 is 1.96 bits per heavy atom. The van der Waals surface area contributed by atoms with Gasteiger partial charge in [-0.15, -0.1) is 0 Å². The van der Waals surface area contributed by atoms with E-state index in [2.05, 4.69) is 50.3 Å². The molecule has 0 aliphatic carbocycles. The van der Waals surface area contributed by atoms with E-state index in [0.29, 0.717) is 6.54 Å². The summed E-state index contributed by atoms with van der Waals surface area (Å²) < 4.78 is 2.08. The van der Waals surface area contributed by atoms with Gasteiger partial charge in [0.25, 0.3) is 0 Å². The van der Waals surface area contributed by atoms with E-state index in [1.165, 1.54) is 11.3 Å². The van der Waals surface area contributed by atoms with Crippen molar-refractivity contribution in [3.63, 3.8) is 0 Å². The molecule has 1 N–H and O–H groups in total. The number of hydrogen-bond acceptors (Lipinski definition) is 3. The highest BCUT2D eigenvalue weighted by Crippen LogP contribution is 2.21. The fraction of sp³-hybridized carbons (Fsp3) is 0.474. The van der Waals surface area contributed by atoms with Crippen LogP contribution in [-0.4, -0.2) is 51.8 Å². The van der Waals surface area contributed by atoms with Crippen LogP contribution in [0, 0.1) is 0 Å². The van der Waals surface area contributed by atoms with E-state index >= 15 is 0 Å². The van der Waals surface area contributed by atoms with Crippen LogP contribution in [0.3, 0.4) is 0 Å². The molecular formula is C19H25N5O. The molecule has 1 aromatic heterocycles. The maximum absolute atomic E-state index is 12.3. The molecule has 6 nitrogen and oxygen atoms in total. The Bertz CT molecular complexity index is 708. The van der Waals surface area contributed by atoms with Crippen LogP contribution in [0.2, 0.25) is 0 Å². The summed E-state index contributed by atoms with van der Waals surface area (Å²) in [6.07, 6.45) is 4.09. The first-order chi connectivity index (χ1) is 12.3. The summed E-state index contributed by atoms with van der Waals surface area (Å²) in [6.45, 7) is 5.08. The Hall–Kier alpha value is -2.34. The number of amides is 2. The van der Waals surface area contributed by atoms with Crippen LogP contribution in [0.25, 0.3) is 0 Å². The monoisotopic (exact) mass is 339 g/mol. The lowest BCUT2D eigenvalue weighted by Crippen LogP contribution is -2.45. The lowest BCUT2D eigenvalue weighted by molar-refractivity contribution is 0.161. The average Bonchev–Trinajstić information content (AvgIpc) is 3.32. The van der Waals surface area contributed by atoms with Crippen LogP contribution in [0.1, 0.15) is 30.1 Å². The molecule has 132 valence electrons. The topological polar surface area (TPSA) is 53.4 Å². The second-order valence-corrected chi connectivity index (χ2v) is 6.96. The predicted molar refractivity (Wildman–Crippen MR) is 96.0 cm³/mol. The van der Waals surface area contributed by atoms with Gasteiger partial charge < -0.3 is 10.2 Å². The third kappa shape index (κ3) is 3.69. The molecule has 25 heavy (non-hydrogen) atoms. The number of hydrogen-bond donors (Lipinski definition) is 1. The van der Waals surface area contributed by atoms with Crippen molar-refractivity contribution in [1.29, 1.82) is 0 Å². The van der Waals surface area contributed by atoms with E-state index < -0.39 is 0 Å². The number of carbonyl (C=O) groups is 1. The molecule has 2 amide bonds. The summed E-state index contributed by atoms with van der Waals surface area (Å²) in [5.41, 5.74) is 2.53. The zero-order chi connectivity index (χ0) is 17.1. The van der Waals surface area contributed by atoms with Gasteiger partial charge in [0.15, 0.2) is 0 Å². The minimum atomic E-state index is 0.0615. The first kappa shape index (κ1) is 16.1. The second kappa shape index (κ2) is 7.27. The fourth-order valence-corrected chi connectivity index (χ4v) is 3.81. The van der Waals surface area contributed by atoms with E-state index in [-0.39, 0.29) is 12.1 Å². The highest BCUT2D eigenvalue weighted by molar-refractivity contribution is 5.74. The van der Waals surface area contributed by atoms with Gasteiger partial charge in [-0.2, -0.15) is 5.10 Å². The summed E-state index contributed by atoms with van der Waals surface area (Å²) in [7, 11) is 0. The predicted octanol–water partition coefficient (Wildman–Crippen LogP) is 2.25. The van der Waals surface area contributed by atoms with Crippen molar-refractivity contribution in [3.05, 3.63) is 53.9 Å². The summed E-state index contributed by atoms with van der Waals surface area (Å²) in [4.78, 5) is 16.6. The van der Waals surface area contributed by atoms with E-state index in [9.17, 15) is 4.79 Å². The first-order valence-electron chi connectivity index (χ1n) is 9.11. The summed E-state index contributed by atoms with van der Waals surface area (Å²) in [5, 5.41) is 7.59. The Kier molecular flexibility index (Phi) is 4.70. The molecule has 6 heteroatoms. The molecule has 1 unspecified atom stereocenters. The quantitative estimate of drug-likeness (QED) is 0.929. The average molecular weight is 339 g/mol. The van der Waals surface area contributed by atoms with E-state index in [0.717, 1.165) is 45.6 Å². The highest BCUT2D eigenvalue weighted by atomic mass is 16.2. The molecule has 1 atom stereocenters. The number of fused-ring (bicyclic) bond motifs is 1. The SMILES string of the molecule is O=C(NCC1CN(Cc2ccccc2)Cc2ccnn21)N1CCCC1. The molecule has 0 saturated carbocycles. The van der Waals surface area contributed by atoms with Gasteiger partial charge in [-0.25, -0.2) is 4.79 Å². The molecule has 0 radical (unpaired) electrons. The largest absolute Gasteiger partial charge is 0.336 e. The summed E-state index contributed by atoms with van der Waals surface area (Å²) in [5.74, 6) is 0. The number of nitrogens with zero attached hydrogens (tertiary/aromatic N) is 4. The maximum Gasteiger partial charge on any atom is 0.317 e. The number of aromatic nitrogens is 2. The van der Waals surface area contributed by atoms with Crippen LogP contribution in [0.4, 0.5) is 4.79 Å². The molecule has 2 aliphatic heterocycles. The number of likely N-dealkylation sites (tertiary alicyclic amines) is 1. The molecular weight excluding hydrogens is 314 g/mol. The minimum absolute atomic E-state index is 0.0615. The smallest absolute Gasteiger partial charge is 0.317 e. The highest BCUT2D eigenvalue weighted by Gasteiger charge is 2.27. The molecule has 1 fully saturated rings. The van der Waals surface area contributed by atoms with Gasteiger partial charge >= 0.3 is 6.03 Å². The lowest BCUT2D eigenvalue weighted by atomic mass is 10.1. The number of benzene rings is 1. The molecule has 1 aromatic carbocycles. The zero-order valence-electron chi connectivity index (χ0n) is 14.5. The Morgan fingerprint density at radius 3 is 2.76 bits per heavy atom. The number of urea groups is 1. The van der Waals surface area contributed by atoms with Gasteiger partial charge in [0.1, 0.15) is 0 Å². The molecule has 3 heterocycles. The second-order valence-electron chi connectivity index (χ2n) is 6.96. The molecule has 2 aliphatic rings. The van der Waals surface area contributed by atoms with Gasteiger partial charge in [-0.1, -0.05) is 30.3 Å². The fourth-order valence-electron chi connectivity index (χ4n) is 3.81. The lowest BCUT2D eigenvalue weighted by Gasteiger charge is -2.34. The van der Waals surface area contributed by atoms with Gasteiger partial charge in [-0.3, -0.25) is 9.58 Å². The van der Waals surface area contributed by atoms with Crippen LogP contribution in [0.15, 0.2) is 42.6 Å². The van der Waals surface area contributed by atoms with E-state index in [1.807, 2.05) is 17.2 Å². The summed E-state index contributed by atoms with van der Waals surface area (Å²) >= 11 is 0. The molecule has 0 spiro atoms. The van der Waals surface area contributed by atoms with Crippen molar-refractivity contribution in [3.8, 4) is 0 Å².